The lowest BCUT2D eigenvalue weighted by Gasteiger charge is -2.22. The lowest BCUT2D eigenvalue weighted by molar-refractivity contribution is 0.361. The van der Waals surface area contributed by atoms with Crippen LogP contribution in [0.15, 0.2) is 35.5 Å². The van der Waals surface area contributed by atoms with Gasteiger partial charge >= 0.3 is 0 Å². The number of sulfonamides is 1. The van der Waals surface area contributed by atoms with E-state index >= 15 is 0 Å². The van der Waals surface area contributed by atoms with Crippen LogP contribution >= 0.6 is 23.2 Å². The highest BCUT2D eigenvalue weighted by molar-refractivity contribution is 7.89. The largest absolute Gasteiger partial charge is 0.242 e. The molecule has 0 amide bonds. The average Bonchev–Trinajstić information content (AvgIpc) is 2.93. The van der Waals surface area contributed by atoms with Crippen molar-refractivity contribution >= 4 is 33.2 Å². The number of nitrogens with zero attached hydrogens (tertiary/aromatic N) is 3. The van der Waals surface area contributed by atoms with Crippen molar-refractivity contribution in [2.75, 3.05) is 0 Å². The zero-order chi connectivity index (χ0) is 16.3. The molecule has 0 aliphatic heterocycles. The first-order valence-corrected chi connectivity index (χ1v) is 8.85. The molecule has 1 aromatic heterocycles. The zero-order valence-corrected chi connectivity index (χ0v) is 14.4. The van der Waals surface area contributed by atoms with Gasteiger partial charge < -0.3 is 0 Å². The highest BCUT2D eigenvalue weighted by Gasteiger charge is 2.25. The molecule has 0 aliphatic carbocycles. The van der Waals surface area contributed by atoms with Crippen molar-refractivity contribution in [3.63, 3.8) is 0 Å². The van der Waals surface area contributed by atoms with E-state index in [1.54, 1.807) is 12.4 Å². The van der Waals surface area contributed by atoms with Crippen molar-refractivity contribution < 1.29 is 8.42 Å². The Morgan fingerprint density at radius 2 is 1.86 bits per heavy atom. The van der Waals surface area contributed by atoms with E-state index in [0.717, 1.165) is 0 Å². The summed E-state index contributed by atoms with van der Waals surface area (Å²) in [6, 6.07) is 3.94. The maximum absolute atomic E-state index is 12.5. The molecule has 2 aromatic rings. The van der Waals surface area contributed by atoms with Crippen LogP contribution in [0.25, 0.3) is 0 Å². The van der Waals surface area contributed by atoms with Crippen LogP contribution in [0.4, 0.5) is 0 Å². The highest BCUT2D eigenvalue weighted by atomic mass is 35.5. The maximum atomic E-state index is 12.5. The Balaban J connectivity index is 2.26. The molecular weight excluding hydrogens is 347 g/mol. The van der Waals surface area contributed by atoms with Gasteiger partial charge in [0.1, 0.15) is 4.90 Å². The second-order valence-corrected chi connectivity index (χ2v) is 7.66. The van der Waals surface area contributed by atoms with Crippen LogP contribution in [0.5, 0.6) is 0 Å². The number of nitrogens with one attached hydrogen (secondary N) is 1. The summed E-state index contributed by atoms with van der Waals surface area (Å²) in [5.41, 5.74) is 0. The summed E-state index contributed by atoms with van der Waals surface area (Å²) in [5, 5.41) is 8.42. The van der Waals surface area contributed by atoms with Gasteiger partial charge in [-0.1, -0.05) is 37.0 Å². The van der Waals surface area contributed by atoms with E-state index in [0.29, 0.717) is 11.6 Å². The molecular formula is C13H16Cl2N4O2S. The van der Waals surface area contributed by atoms with Gasteiger partial charge in [-0.15, -0.1) is 0 Å². The van der Waals surface area contributed by atoms with Crippen LogP contribution < -0.4 is 4.72 Å². The molecule has 0 bridgehead atoms. The number of aromatic nitrogens is 3. The third-order valence-corrected chi connectivity index (χ3v) is 5.33. The molecule has 0 spiro atoms. The fraction of sp³-hybridized carbons (Fsp3) is 0.385. The summed E-state index contributed by atoms with van der Waals surface area (Å²) in [7, 11) is -3.80. The Kier molecular flexibility index (Phi) is 5.44. The first-order chi connectivity index (χ1) is 10.3. The Bertz CT molecular complexity index is 733. The maximum Gasteiger partial charge on any atom is 0.242 e. The van der Waals surface area contributed by atoms with Crippen molar-refractivity contribution in [3.8, 4) is 0 Å². The van der Waals surface area contributed by atoms with Gasteiger partial charge in [0.05, 0.1) is 24.0 Å². The Labute approximate surface area is 139 Å². The van der Waals surface area contributed by atoms with Crippen molar-refractivity contribution in [1.82, 2.24) is 19.7 Å². The van der Waals surface area contributed by atoms with Gasteiger partial charge in [0, 0.05) is 11.1 Å². The summed E-state index contributed by atoms with van der Waals surface area (Å²) in [4.78, 5) is 1.40. The van der Waals surface area contributed by atoms with E-state index < -0.39 is 10.0 Å². The molecule has 0 saturated carbocycles. The van der Waals surface area contributed by atoms with Crippen LogP contribution in [-0.4, -0.2) is 29.5 Å². The summed E-state index contributed by atoms with van der Waals surface area (Å²) < 4.78 is 27.7. The number of benzene rings is 1. The first-order valence-electron chi connectivity index (χ1n) is 6.61. The summed E-state index contributed by atoms with van der Waals surface area (Å²) in [6.45, 7) is 4.15. The normalized spacial score (nSPS) is 13.5. The van der Waals surface area contributed by atoms with Crippen molar-refractivity contribution in [2.45, 2.75) is 31.3 Å². The molecule has 0 aliphatic rings. The smallest absolute Gasteiger partial charge is 0.207 e. The van der Waals surface area contributed by atoms with Crippen LogP contribution in [-0.2, 0) is 16.6 Å². The Hall–Kier alpha value is -1.15. The third-order valence-electron chi connectivity index (χ3n) is 3.12. The third kappa shape index (κ3) is 4.19. The molecule has 0 radical (unpaired) electrons. The van der Waals surface area contributed by atoms with Gasteiger partial charge in [-0.25, -0.2) is 13.1 Å². The number of halogens is 2. The molecule has 1 heterocycles. The Morgan fingerprint density at radius 3 is 2.45 bits per heavy atom. The van der Waals surface area contributed by atoms with E-state index in [2.05, 4.69) is 14.9 Å². The summed E-state index contributed by atoms with van der Waals surface area (Å²) in [6.07, 6.45) is 3.08. The first kappa shape index (κ1) is 17.2. The van der Waals surface area contributed by atoms with Gasteiger partial charge in [-0.2, -0.15) is 15.0 Å². The van der Waals surface area contributed by atoms with E-state index in [1.165, 1.54) is 23.0 Å². The van der Waals surface area contributed by atoms with Gasteiger partial charge in [0.15, 0.2) is 0 Å². The molecule has 9 heteroatoms. The number of rotatable bonds is 6. The molecule has 0 saturated heterocycles. The number of hydrogen-bond acceptors (Lipinski definition) is 4. The van der Waals surface area contributed by atoms with E-state index in [1.807, 2.05) is 13.8 Å². The second kappa shape index (κ2) is 6.95. The molecule has 6 nitrogen and oxygen atoms in total. The van der Waals surface area contributed by atoms with Crippen molar-refractivity contribution in [2.24, 2.45) is 5.92 Å². The monoisotopic (exact) mass is 362 g/mol. The minimum atomic E-state index is -3.80. The van der Waals surface area contributed by atoms with Crippen LogP contribution in [0.2, 0.25) is 10.0 Å². The van der Waals surface area contributed by atoms with Crippen LogP contribution in [0, 0.1) is 5.92 Å². The molecule has 22 heavy (non-hydrogen) atoms. The average molecular weight is 363 g/mol. The van der Waals surface area contributed by atoms with Crippen LogP contribution in [0.3, 0.4) is 0 Å². The topological polar surface area (TPSA) is 76.9 Å². The standard InChI is InChI=1S/C13H16Cl2N4O2S/c1-9(2)12(8-19-16-5-6-17-19)18-22(20,21)13-7-10(14)3-4-11(13)15/h3-7,9,12,18H,8H2,1-2H3. The fourth-order valence-electron chi connectivity index (χ4n) is 1.84. The van der Waals surface area contributed by atoms with E-state index in [9.17, 15) is 8.42 Å². The number of hydrogen-bond donors (Lipinski definition) is 1. The summed E-state index contributed by atoms with van der Waals surface area (Å²) >= 11 is 11.8. The molecule has 1 aromatic carbocycles. The van der Waals surface area contributed by atoms with E-state index in [4.69, 9.17) is 23.2 Å². The van der Waals surface area contributed by atoms with Crippen molar-refractivity contribution in [1.29, 1.82) is 0 Å². The fourth-order valence-corrected chi connectivity index (χ4v) is 3.98. The van der Waals surface area contributed by atoms with Crippen LogP contribution in [0.1, 0.15) is 13.8 Å². The Morgan fingerprint density at radius 1 is 1.23 bits per heavy atom. The highest BCUT2D eigenvalue weighted by Crippen LogP contribution is 2.25. The van der Waals surface area contributed by atoms with Gasteiger partial charge in [-0.05, 0) is 24.1 Å². The molecule has 1 N–H and O–H groups in total. The predicted octanol–water partition coefficient (Wildman–Crippen LogP) is 2.59. The van der Waals surface area contributed by atoms with E-state index in [-0.39, 0.29) is 21.9 Å². The molecule has 120 valence electrons. The summed E-state index contributed by atoms with van der Waals surface area (Å²) in [5.74, 6) is 0.0405. The molecule has 2 rings (SSSR count). The lowest BCUT2D eigenvalue weighted by Crippen LogP contribution is -2.42. The lowest BCUT2D eigenvalue weighted by atomic mass is 10.1. The molecule has 1 atom stereocenters. The SMILES string of the molecule is CC(C)C(Cn1nccn1)NS(=O)(=O)c1cc(Cl)ccc1Cl. The van der Waals surface area contributed by atoms with Gasteiger partial charge in [0.25, 0.3) is 0 Å². The quantitative estimate of drug-likeness (QED) is 0.856. The zero-order valence-electron chi connectivity index (χ0n) is 12.1. The van der Waals surface area contributed by atoms with Gasteiger partial charge in [-0.3, -0.25) is 0 Å². The van der Waals surface area contributed by atoms with Crippen molar-refractivity contribution in [3.05, 3.63) is 40.6 Å². The predicted molar refractivity (Wildman–Crippen MR) is 85.4 cm³/mol. The minimum absolute atomic E-state index is 0.0405. The minimum Gasteiger partial charge on any atom is -0.207 e. The van der Waals surface area contributed by atoms with Gasteiger partial charge in [0.2, 0.25) is 10.0 Å². The molecule has 1 unspecified atom stereocenters. The second-order valence-electron chi connectivity index (χ2n) is 5.13. The molecule has 0 fully saturated rings.